The predicted molar refractivity (Wildman–Crippen MR) is 190 cm³/mol. The van der Waals surface area contributed by atoms with E-state index in [-0.39, 0.29) is 18.2 Å². The van der Waals surface area contributed by atoms with E-state index in [1.807, 2.05) is 17.1 Å². The van der Waals surface area contributed by atoms with Crippen molar-refractivity contribution < 1.29 is 33.7 Å². The van der Waals surface area contributed by atoms with Crippen molar-refractivity contribution in [2.24, 2.45) is 0 Å². The fourth-order valence-corrected chi connectivity index (χ4v) is 5.21. The number of ether oxygens (including phenoxy) is 3. The van der Waals surface area contributed by atoms with Gasteiger partial charge in [-0.25, -0.2) is 9.59 Å². The summed E-state index contributed by atoms with van der Waals surface area (Å²) in [6.07, 6.45) is 27.3. The summed E-state index contributed by atoms with van der Waals surface area (Å²) in [6, 6.07) is 6.02. The molecule has 47 heavy (non-hydrogen) atoms. The Morgan fingerprint density at radius 2 is 1.57 bits per heavy atom. The third-order valence-corrected chi connectivity index (χ3v) is 8.01. The van der Waals surface area contributed by atoms with Crippen molar-refractivity contribution in [2.75, 3.05) is 19.9 Å². The molecule has 0 aliphatic carbocycles. The van der Waals surface area contributed by atoms with E-state index in [9.17, 15) is 19.5 Å². The molecule has 1 heterocycles. The Morgan fingerprint density at radius 3 is 2.17 bits per heavy atom. The lowest BCUT2D eigenvalue weighted by Gasteiger charge is -2.37. The zero-order valence-corrected chi connectivity index (χ0v) is 29.0. The molecule has 2 unspecified atom stereocenters. The van der Waals surface area contributed by atoms with Gasteiger partial charge in [-0.2, -0.15) is 12.6 Å². The van der Waals surface area contributed by atoms with Crippen molar-refractivity contribution >= 4 is 42.1 Å². The highest BCUT2D eigenvalue weighted by molar-refractivity contribution is 7.81. The zero-order valence-electron chi connectivity index (χ0n) is 27.3. The highest BCUT2D eigenvalue weighted by Gasteiger charge is 2.35. The van der Waals surface area contributed by atoms with Crippen molar-refractivity contribution in [1.82, 2.24) is 4.90 Å². The van der Waals surface area contributed by atoms with E-state index in [0.717, 1.165) is 38.2 Å². The van der Waals surface area contributed by atoms with Gasteiger partial charge in [0.25, 0.3) is 0 Å². The lowest BCUT2D eigenvalue weighted by Crippen LogP contribution is -2.43. The number of carboxylic acid groups (broad SMARTS) is 1. The van der Waals surface area contributed by atoms with Gasteiger partial charge in [0.05, 0.1) is 0 Å². The predicted octanol–water partition coefficient (Wildman–Crippen LogP) is 8.33. The Balaban J connectivity index is 1.72. The van der Waals surface area contributed by atoms with Gasteiger partial charge in [0.2, 0.25) is 6.29 Å². The smallest absolute Gasteiger partial charge is 0.330 e. The molecule has 1 aromatic rings. The van der Waals surface area contributed by atoms with E-state index >= 15 is 0 Å². The first-order chi connectivity index (χ1) is 22.7. The number of carbonyl (C=O) groups is 3. The Hall–Kier alpha value is -3.37. The summed E-state index contributed by atoms with van der Waals surface area (Å²) in [5.74, 6) is -2.12. The average Bonchev–Trinajstić information content (AvgIpc) is 3.03. The van der Waals surface area contributed by atoms with Crippen molar-refractivity contribution in [1.29, 1.82) is 0 Å². The summed E-state index contributed by atoms with van der Waals surface area (Å²) in [5, 5.41) is 9.40. The molecule has 8 nitrogen and oxygen atoms in total. The number of hydrogen-bond acceptors (Lipinski definition) is 8. The number of halogens is 1. The van der Waals surface area contributed by atoms with Crippen LogP contribution in [-0.4, -0.2) is 59.3 Å². The van der Waals surface area contributed by atoms with Gasteiger partial charge in [-0.1, -0.05) is 97.5 Å². The van der Waals surface area contributed by atoms with E-state index in [1.54, 1.807) is 31.2 Å². The summed E-state index contributed by atoms with van der Waals surface area (Å²) >= 11 is 10.9. The Kier molecular flexibility index (Phi) is 20.2. The van der Waals surface area contributed by atoms with E-state index < -0.39 is 37.0 Å². The van der Waals surface area contributed by atoms with Crippen molar-refractivity contribution in [2.45, 2.75) is 82.8 Å². The number of hydrogen-bond donors (Lipinski definition) is 2. The zero-order chi connectivity index (χ0) is 34.3. The van der Waals surface area contributed by atoms with Crippen LogP contribution in [0.3, 0.4) is 0 Å². The molecule has 1 aliphatic heterocycles. The van der Waals surface area contributed by atoms with Crippen LogP contribution in [0.15, 0.2) is 96.7 Å². The van der Waals surface area contributed by atoms with Gasteiger partial charge in [0.1, 0.15) is 6.04 Å². The number of rotatable bonds is 20. The topological polar surface area (TPSA) is 102 Å². The van der Waals surface area contributed by atoms with E-state index in [0.29, 0.717) is 35.5 Å². The molecule has 0 amide bonds. The number of benzene rings is 1. The number of nitrogens with zero attached hydrogens (tertiary/aromatic N) is 1. The number of thiol groups is 1. The number of allylic oxidation sites excluding steroid dienone is 10. The second kappa shape index (κ2) is 23.9. The first kappa shape index (κ1) is 39.8. The number of esters is 2. The molecule has 0 saturated carbocycles. The van der Waals surface area contributed by atoms with Crippen molar-refractivity contribution in [3.05, 3.63) is 107 Å². The second-order valence-corrected chi connectivity index (χ2v) is 11.8. The van der Waals surface area contributed by atoms with Gasteiger partial charge in [0, 0.05) is 35.9 Å². The third-order valence-electron chi connectivity index (χ3n) is 7.07. The summed E-state index contributed by atoms with van der Waals surface area (Å²) in [7, 11) is 0. The minimum Gasteiger partial charge on any atom is -0.478 e. The molecule has 1 fully saturated rings. The molecule has 3 atom stereocenters. The van der Waals surface area contributed by atoms with Crippen LogP contribution in [0.5, 0.6) is 0 Å². The first-order valence-electron chi connectivity index (χ1n) is 16.1. The van der Waals surface area contributed by atoms with Crippen LogP contribution in [0.2, 0.25) is 5.02 Å². The van der Waals surface area contributed by atoms with Gasteiger partial charge in [-0.15, -0.1) is 0 Å². The minimum atomic E-state index is -1.08. The van der Waals surface area contributed by atoms with Crippen LogP contribution >= 0.6 is 24.2 Å². The van der Waals surface area contributed by atoms with Crippen LogP contribution in [0.1, 0.15) is 76.8 Å². The third kappa shape index (κ3) is 16.8. The monoisotopic (exact) mass is 685 g/mol. The van der Waals surface area contributed by atoms with Crippen LogP contribution in [0.4, 0.5) is 0 Å². The maximum absolute atomic E-state index is 13.3. The molecule has 1 aliphatic rings. The number of likely N-dealkylation sites (tertiary alicyclic amines) is 1. The average molecular weight is 686 g/mol. The van der Waals surface area contributed by atoms with Gasteiger partial charge in [0.15, 0.2) is 6.79 Å². The molecule has 10 heteroatoms. The molecule has 0 spiro atoms. The van der Waals surface area contributed by atoms with Crippen LogP contribution < -0.4 is 0 Å². The summed E-state index contributed by atoms with van der Waals surface area (Å²) in [4.78, 5) is 38.6. The van der Waals surface area contributed by atoms with Gasteiger partial charge >= 0.3 is 17.9 Å². The van der Waals surface area contributed by atoms with E-state index in [4.69, 9.17) is 25.8 Å². The Bertz CT molecular complexity index is 1300. The lowest BCUT2D eigenvalue weighted by molar-refractivity contribution is -0.201. The molecule has 2 rings (SSSR count). The van der Waals surface area contributed by atoms with Gasteiger partial charge in [-0.05, 0) is 69.1 Å². The standard InChI is InChI=1S/C37H48ClNO7S/c1-3-4-5-6-7-8-9-10-11-12-13-14-15-16-17-18-23-35(42)46-29(2)44-28-45-37(43)36(31-21-19-20-22-32(31)38)39-25-24-33(47)30(27-39)26-34(40)41/h4-5,7-8,10-11,13-14,16-17,19-22,26,29,33,36,47H,3,6,9,12,15,18,23-25,27-28H2,1-2H3,(H,40,41)/t29?,33?,36-/m0/s1. The highest BCUT2D eigenvalue weighted by Crippen LogP contribution is 2.33. The lowest BCUT2D eigenvalue weighted by atomic mass is 9.98. The van der Waals surface area contributed by atoms with E-state index in [1.165, 1.54) is 0 Å². The maximum atomic E-state index is 13.3. The quantitative estimate of drug-likeness (QED) is 0.0464. The van der Waals surface area contributed by atoms with Crippen molar-refractivity contribution in [3.8, 4) is 0 Å². The second-order valence-electron chi connectivity index (χ2n) is 10.8. The van der Waals surface area contributed by atoms with Gasteiger partial charge in [-0.3, -0.25) is 9.69 Å². The molecule has 0 radical (unpaired) electrons. The largest absolute Gasteiger partial charge is 0.478 e. The fraction of sp³-hybridized carbons (Fsp3) is 0.432. The number of piperidine rings is 1. The molecular weight excluding hydrogens is 638 g/mol. The highest BCUT2D eigenvalue weighted by atomic mass is 35.5. The molecule has 1 N–H and O–H groups in total. The molecule has 0 bridgehead atoms. The fourth-order valence-electron chi connectivity index (χ4n) is 4.70. The molecular formula is C37H48ClNO7S. The number of aliphatic carboxylic acids is 1. The first-order valence-corrected chi connectivity index (χ1v) is 16.9. The van der Waals surface area contributed by atoms with Crippen LogP contribution in [0.25, 0.3) is 0 Å². The summed E-state index contributed by atoms with van der Waals surface area (Å²) < 4.78 is 16.1. The van der Waals surface area contributed by atoms with E-state index in [2.05, 4.69) is 68.2 Å². The molecule has 1 aromatic carbocycles. The Morgan fingerprint density at radius 1 is 0.979 bits per heavy atom. The normalized spacial score (nSPS) is 18.2. The molecule has 0 aromatic heterocycles. The summed E-state index contributed by atoms with van der Waals surface area (Å²) in [6.45, 7) is 3.92. The maximum Gasteiger partial charge on any atom is 0.330 e. The van der Waals surface area contributed by atoms with Gasteiger partial charge < -0.3 is 19.3 Å². The Labute approximate surface area is 289 Å². The van der Waals surface area contributed by atoms with Crippen LogP contribution in [-0.2, 0) is 28.6 Å². The number of carboxylic acids is 1. The number of carbonyl (C=O) groups excluding carboxylic acids is 2. The molecule has 1 saturated heterocycles. The SMILES string of the molecule is CCC=CCC=CCC=CCC=CCC=CCCC(=O)OC(C)OCOC(=O)[C@H](c1ccccc1Cl)N1CCC(S)C(=CC(=O)O)C1. The van der Waals surface area contributed by atoms with Crippen molar-refractivity contribution in [3.63, 3.8) is 0 Å². The summed E-state index contributed by atoms with van der Waals surface area (Å²) in [5.41, 5.74) is 1.11. The van der Waals surface area contributed by atoms with Crippen LogP contribution in [0, 0.1) is 0 Å². The minimum absolute atomic E-state index is 0.195. The molecule has 256 valence electrons.